The fraction of sp³-hybridized carbons (Fsp3) is 0.238. The predicted octanol–water partition coefficient (Wildman–Crippen LogP) is 4.61. The van der Waals surface area contributed by atoms with Crippen LogP contribution >= 0.6 is 11.3 Å². The minimum absolute atomic E-state index is 0.195. The van der Waals surface area contributed by atoms with Gasteiger partial charge in [0.05, 0.1) is 6.04 Å². The summed E-state index contributed by atoms with van der Waals surface area (Å²) >= 11 is 1.16. The van der Waals surface area contributed by atoms with E-state index >= 15 is 0 Å². The second kappa shape index (κ2) is 8.58. The highest BCUT2D eigenvalue weighted by Crippen LogP contribution is 2.34. The maximum atomic E-state index is 13.0. The van der Waals surface area contributed by atoms with E-state index in [0.717, 1.165) is 35.4 Å². The summed E-state index contributed by atoms with van der Waals surface area (Å²) in [5.74, 6) is -0.796. The zero-order valence-electron chi connectivity index (χ0n) is 16.3. The Morgan fingerprint density at radius 1 is 1.10 bits per heavy atom. The van der Waals surface area contributed by atoms with Crippen LogP contribution < -0.4 is 10.6 Å². The van der Waals surface area contributed by atoms with Crippen LogP contribution in [0, 0.1) is 12.7 Å². The van der Waals surface area contributed by atoms with Gasteiger partial charge in [-0.2, -0.15) is 0 Å². The molecule has 1 aromatic heterocycles. The quantitative estimate of drug-likeness (QED) is 0.639. The third-order valence-corrected chi connectivity index (χ3v) is 5.83. The Morgan fingerprint density at radius 2 is 1.90 bits per heavy atom. The highest BCUT2D eigenvalue weighted by atomic mass is 32.1. The second-order valence-corrected chi connectivity index (χ2v) is 8.07. The van der Waals surface area contributed by atoms with Gasteiger partial charge in [0, 0.05) is 17.9 Å². The average molecular weight is 425 g/mol. The van der Waals surface area contributed by atoms with E-state index in [2.05, 4.69) is 20.8 Å². The van der Waals surface area contributed by atoms with Gasteiger partial charge in [0.15, 0.2) is 0 Å². The van der Waals surface area contributed by atoms with E-state index < -0.39 is 5.91 Å². The standard InChI is InChI=1S/C21H20FN5O2S/c1-13-4-2-5-16(12-13)24-21(29)27-11-3-6-17(27)19-25-26-20(30-19)18(28)23-15-9-7-14(22)8-10-15/h2,4-5,7-10,12,17H,3,6,11H2,1H3,(H,23,28)(H,24,29)/t17-/m0/s1. The monoisotopic (exact) mass is 425 g/mol. The lowest BCUT2D eigenvalue weighted by atomic mass is 10.2. The first-order valence-corrected chi connectivity index (χ1v) is 10.4. The molecule has 1 aliphatic rings. The Kier molecular flexibility index (Phi) is 5.71. The SMILES string of the molecule is Cc1cccc(NC(=O)N2CCC[C@H]2c2nnc(C(=O)Nc3ccc(F)cc3)s2)c1. The third kappa shape index (κ3) is 4.46. The topological polar surface area (TPSA) is 87.2 Å². The molecule has 7 nitrogen and oxygen atoms in total. The number of nitrogens with zero attached hydrogens (tertiary/aromatic N) is 3. The number of hydrogen-bond acceptors (Lipinski definition) is 5. The first-order chi connectivity index (χ1) is 14.5. The number of amides is 3. The van der Waals surface area contributed by atoms with E-state index in [4.69, 9.17) is 0 Å². The maximum absolute atomic E-state index is 13.0. The zero-order chi connectivity index (χ0) is 21.1. The van der Waals surface area contributed by atoms with Crippen LogP contribution in [0.5, 0.6) is 0 Å². The van der Waals surface area contributed by atoms with Gasteiger partial charge in [-0.1, -0.05) is 23.5 Å². The zero-order valence-corrected chi connectivity index (χ0v) is 17.1. The Balaban J connectivity index is 1.44. The molecule has 9 heteroatoms. The molecule has 3 aromatic rings. The largest absolute Gasteiger partial charge is 0.322 e. The minimum Gasteiger partial charge on any atom is -0.320 e. The number of carbonyl (C=O) groups excluding carboxylic acids is 2. The number of benzene rings is 2. The molecule has 2 N–H and O–H groups in total. The van der Waals surface area contributed by atoms with E-state index in [9.17, 15) is 14.0 Å². The summed E-state index contributed by atoms with van der Waals surface area (Å²) in [4.78, 5) is 26.9. The molecule has 0 aliphatic carbocycles. The van der Waals surface area contributed by atoms with Gasteiger partial charge < -0.3 is 15.5 Å². The number of hydrogen-bond donors (Lipinski definition) is 2. The van der Waals surface area contributed by atoms with Gasteiger partial charge in [-0.25, -0.2) is 9.18 Å². The van der Waals surface area contributed by atoms with E-state index in [1.165, 1.54) is 24.3 Å². The van der Waals surface area contributed by atoms with Gasteiger partial charge >= 0.3 is 6.03 Å². The number of aryl methyl sites for hydroxylation is 1. The fourth-order valence-electron chi connectivity index (χ4n) is 3.36. The number of urea groups is 1. The third-order valence-electron chi connectivity index (χ3n) is 4.81. The van der Waals surface area contributed by atoms with Crippen molar-refractivity contribution in [3.63, 3.8) is 0 Å². The van der Waals surface area contributed by atoms with Crippen LogP contribution in [0.3, 0.4) is 0 Å². The Hall–Kier alpha value is -3.33. The summed E-state index contributed by atoms with van der Waals surface area (Å²) in [7, 11) is 0. The van der Waals surface area contributed by atoms with Crippen molar-refractivity contribution < 1.29 is 14.0 Å². The fourth-order valence-corrected chi connectivity index (χ4v) is 4.25. The highest BCUT2D eigenvalue weighted by molar-refractivity contribution is 7.13. The molecule has 3 amide bonds. The summed E-state index contributed by atoms with van der Waals surface area (Å²) < 4.78 is 13.0. The highest BCUT2D eigenvalue weighted by Gasteiger charge is 2.33. The Morgan fingerprint density at radius 3 is 2.67 bits per heavy atom. The summed E-state index contributed by atoms with van der Waals surface area (Å²) in [6.07, 6.45) is 1.61. The Bertz CT molecular complexity index is 1070. The summed E-state index contributed by atoms with van der Waals surface area (Å²) in [5, 5.41) is 14.6. The lowest BCUT2D eigenvalue weighted by Crippen LogP contribution is -2.34. The van der Waals surface area contributed by atoms with Crippen molar-refractivity contribution in [3.8, 4) is 0 Å². The van der Waals surface area contributed by atoms with Crippen molar-refractivity contribution in [1.29, 1.82) is 0 Å². The van der Waals surface area contributed by atoms with Gasteiger partial charge in [-0.15, -0.1) is 10.2 Å². The Labute approximate surface area is 176 Å². The summed E-state index contributed by atoms with van der Waals surface area (Å²) in [6.45, 7) is 2.58. The predicted molar refractivity (Wildman–Crippen MR) is 113 cm³/mol. The number of likely N-dealkylation sites (tertiary alicyclic amines) is 1. The van der Waals surface area contributed by atoms with E-state index in [1.54, 1.807) is 4.90 Å². The molecule has 0 unspecified atom stereocenters. The summed E-state index contributed by atoms with van der Waals surface area (Å²) in [5.41, 5.74) is 2.27. The maximum Gasteiger partial charge on any atom is 0.322 e. The average Bonchev–Trinajstić information content (AvgIpc) is 3.39. The number of rotatable bonds is 4. The van der Waals surface area contributed by atoms with Crippen LogP contribution in [-0.2, 0) is 0 Å². The molecule has 4 rings (SSSR count). The van der Waals surface area contributed by atoms with E-state index in [0.29, 0.717) is 17.2 Å². The van der Waals surface area contributed by atoms with Crippen molar-refractivity contribution in [3.05, 3.63) is 69.9 Å². The van der Waals surface area contributed by atoms with E-state index in [1.807, 2.05) is 31.2 Å². The van der Waals surface area contributed by atoms with Crippen molar-refractivity contribution in [2.75, 3.05) is 17.2 Å². The smallest absolute Gasteiger partial charge is 0.320 e. The molecule has 0 bridgehead atoms. The lowest BCUT2D eigenvalue weighted by Gasteiger charge is -2.23. The van der Waals surface area contributed by atoms with Gasteiger partial charge in [0.25, 0.3) is 5.91 Å². The normalized spacial score (nSPS) is 15.8. The number of halogens is 1. The molecule has 1 atom stereocenters. The first kappa shape index (κ1) is 20.0. The van der Waals surface area contributed by atoms with Crippen molar-refractivity contribution in [1.82, 2.24) is 15.1 Å². The number of nitrogens with one attached hydrogen (secondary N) is 2. The molecule has 1 fully saturated rings. The minimum atomic E-state index is -0.417. The van der Waals surface area contributed by atoms with Crippen molar-refractivity contribution >= 4 is 34.6 Å². The molecule has 2 aromatic carbocycles. The molecule has 0 saturated carbocycles. The molecule has 0 radical (unpaired) electrons. The van der Waals surface area contributed by atoms with Gasteiger partial charge in [-0.3, -0.25) is 4.79 Å². The van der Waals surface area contributed by atoms with Crippen LogP contribution in [0.4, 0.5) is 20.6 Å². The molecule has 0 spiro atoms. The lowest BCUT2D eigenvalue weighted by molar-refractivity contribution is 0.102. The van der Waals surface area contributed by atoms with E-state index in [-0.39, 0.29) is 22.9 Å². The van der Waals surface area contributed by atoms with Gasteiger partial charge in [-0.05, 0) is 61.7 Å². The van der Waals surface area contributed by atoms with Crippen LogP contribution in [0.15, 0.2) is 48.5 Å². The first-order valence-electron chi connectivity index (χ1n) is 9.54. The number of aromatic nitrogens is 2. The van der Waals surface area contributed by atoms with Crippen LogP contribution in [0.25, 0.3) is 0 Å². The van der Waals surface area contributed by atoms with Crippen LogP contribution in [0.1, 0.15) is 39.3 Å². The molecule has 1 saturated heterocycles. The molecule has 1 aliphatic heterocycles. The molecule has 2 heterocycles. The van der Waals surface area contributed by atoms with Gasteiger partial charge in [0.1, 0.15) is 10.8 Å². The van der Waals surface area contributed by atoms with Gasteiger partial charge in [0.2, 0.25) is 5.01 Å². The van der Waals surface area contributed by atoms with Crippen LogP contribution in [0.2, 0.25) is 0 Å². The van der Waals surface area contributed by atoms with Crippen molar-refractivity contribution in [2.24, 2.45) is 0 Å². The molecular weight excluding hydrogens is 405 g/mol. The number of carbonyl (C=O) groups is 2. The second-order valence-electron chi connectivity index (χ2n) is 7.06. The molecule has 30 heavy (non-hydrogen) atoms. The van der Waals surface area contributed by atoms with Crippen LogP contribution in [-0.4, -0.2) is 33.6 Å². The summed E-state index contributed by atoms with van der Waals surface area (Å²) in [6, 6.07) is 12.7. The molecular formula is C21H20FN5O2S. The molecule has 154 valence electrons. The number of anilines is 2. The van der Waals surface area contributed by atoms with Crippen molar-refractivity contribution in [2.45, 2.75) is 25.8 Å².